The van der Waals surface area contributed by atoms with Gasteiger partial charge in [-0.25, -0.2) is 0 Å². The Bertz CT molecular complexity index is 412. The summed E-state index contributed by atoms with van der Waals surface area (Å²) in [6.07, 6.45) is 0. The van der Waals surface area contributed by atoms with E-state index in [0.717, 1.165) is 0 Å². The molecule has 0 radical (unpaired) electrons. The summed E-state index contributed by atoms with van der Waals surface area (Å²) in [4.78, 5) is 24.9. The molecule has 0 saturated carbocycles. The first-order valence-electron chi connectivity index (χ1n) is 4.53. The largest absolute Gasteiger partial charge is 0.314 e. The van der Waals surface area contributed by atoms with E-state index in [4.69, 9.17) is 0 Å². The highest BCUT2D eigenvalue weighted by Crippen LogP contribution is 2.28. The van der Waals surface area contributed by atoms with Gasteiger partial charge in [0.15, 0.2) is 5.78 Å². The zero-order valence-electron chi connectivity index (χ0n) is 8.15. The standard InChI is InChI=1S/C11H11NO2/c1-7-10(13)8-5-3-4-6-9(8)12(2)11(7)14/h3-7H,1-2H3. The number of ketones is 1. The van der Waals surface area contributed by atoms with Crippen LogP contribution >= 0.6 is 0 Å². The van der Waals surface area contributed by atoms with Crippen molar-refractivity contribution in [3.63, 3.8) is 0 Å². The van der Waals surface area contributed by atoms with Gasteiger partial charge in [0.25, 0.3) is 0 Å². The molecule has 3 heteroatoms. The SMILES string of the molecule is CC1C(=O)c2ccccc2N(C)C1=O. The number of carbonyl (C=O) groups excluding carboxylic acids is 2. The molecule has 0 spiro atoms. The summed E-state index contributed by atoms with van der Waals surface area (Å²) in [5.74, 6) is -0.757. The lowest BCUT2D eigenvalue weighted by Gasteiger charge is -2.28. The summed E-state index contributed by atoms with van der Waals surface area (Å²) in [6.45, 7) is 1.65. The number of nitrogens with zero attached hydrogens (tertiary/aromatic N) is 1. The van der Waals surface area contributed by atoms with Crippen LogP contribution in [0.3, 0.4) is 0 Å². The van der Waals surface area contributed by atoms with E-state index in [1.54, 1.807) is 31.0 Å². The summed E-state index contributed by atoms with van der Waals surface area (Å²) in [5, 5.41) is 0. The van der Waals surface area contributed by atoms with Gasteiger partial charge in [-0.05, 0) is 19.1 Å². The number of hydrogen-bond acceptors (Lipinski definition) is 2. The van der Waals surface area contributed by atoms with Gasteiger partial charge < -0.3 is 4.90 Å². The van der Waals surface area contributed by atoms with Gasteiger partial charge in [-0.15, -0.1) is 0 Å². The van der Waals surface area contributed by atoms with Gasteiger partial charge in [0.1, 0.15) is 0 Å². The second-order valence-corrected chi connectivity index (χ2v) is 3.50. The first-order chi connectivity index (χ1) is 6.63. The van der Waals surface area contributed by atoms with Crippen LogP contribution < -0.4 is 4.90 Å². The molecule has 72 valence electrons. The van der Waals surface area contributed by atoms with Crippen molar-refractivity contribution in [2.24, 2.45) is 5.92 Å². The summed E-state index contributed by atoms with van der Waals surface area (Å²) in [5.41, 5.74) is 1.35. The summed E-state index contributed by atoms with van der Waals surface area (Å²) in [6, 6.07) is 7.19. The lowest BCUT2D eigenvalue weighted by molar-refractivity contribution is -0.120. The van der Waals surface area contributed by atoms with Crippen LogP contribution in [0, 0.1) is 5.92 Å². The van der Waals surface area contributed by atoms with Crippen molar-refractivity contribution < 1.29 is 9.59 Å². The Morgan fingerprint density at radius 2 is 1.86 bits per heavy atom. The number of carbonyl (C=O) groups is 2. The third kappa shape index (κ3) is 1.05. The number of para-hydroxylation sites is 1. The molecule has 1 amide bonds. The van der Waals surface area contributed by atoms with E-state index in [0.29, 0.717) is 11.3 Å². The van der Waals surface area contributed by atoms with Gasteiger partial charge in [-0.2, -0.15) is 0 Å². The minimum atomic E-state index is -0.546. The van der Waals surface area contributed by atoms with Gasteiger partial charge in [-0.3, -0.25) is 9.59 Å². The van der Waals surface area contributed by atoms with Crippen LogP contribution in [0.1, 0.15) is 17.3 Å². The molecule has 0 N–H and O–H groups in total. The van der Waals surface area contributed by atoms with Crippen LogP contribution in [-0.4, -0.2) is 18.7 Å². The molecule has 1 heterocycles. The minimum Gasteiger partial charge on any atom is -0.314 e. The van der Waals surface area contributed by atoms with Crippen LogP contribution in [0.5, 0.6) is 0 Å². The van der Waals surface area contributed by atoms with E-state index in [9.17, 15) is 9.59 Å². The molecule has 3 nitrogen and oxygen atoms in total. The van der Waals surface area contributed by atoms with Crippen LogP contribution in [0.4, 0.5) is 5.69 Å². The van der Waals surface area contributed by atoms with E-state index in [2.05, 4.69) is 0 Å². The Labute approximate surface area is 82.3 Å². The van der Waals surface area contributed by atoms with Crippen molar-refractivity contribution in [1.82, 2.24) is 0 Å². The molecular weight excluding hydrogens is 178 g/mol. The van der Waals surface area contributed by atoms with Crippen molar-refractivity contribution in [3.8, 4) is 0 Å². The van der Waals surface area contributed by atoms with E-state index in [1.165, 1.54) is 0 Å². The summed E-state index contributed by atoms with van der Waals surface area (Å²) < 4.78 is 0. The summed E-state index contributed by atoms with van der Waals surface area (Å²) in [7, 11) is 1.70. The van der Waals surface area contributed by atoms with Crippen LogP contribution in [0.2, 0.25) is 0 Å². The fourth-order valence-electron chi connectivity index (χ4n) is 1.73. The monoisotopic (exact) mass is 189 g/mol. The van der Waals surface area contributed by atoms with Crippen LogP contribution in [-0.2, 0) is 4.79 Å². The molecule has 1 atom stereocenters. The zero-order valence-corrected chi connectivity index (χ0v) is 8.15. The predicted molar refractivity (Wildman–Crippen MR) is 53.3 cm³/mol. The minimum absolute atomic E-state index is 0.0799. The first-order valence-corrected chi connectivity index (χ1v) is 4.53. The fourth-order valence-corrected chi connectivity index (χ4v) is 1.73. The van der Waals surface area contributed by atoms with Crippen molar-refractivity contribution >= 4 is 17.4 Å². The molecular formula is C11H11NO2. The highest BCUT2D eigenvalue weighted by molar-refractivity contribution is 6.21. The third-order valence-corrected chi connectivity index (χ3v) is 2.63. The molecule has 1 aromatic carbocycles. The molecule has 0 fully saturated rings. The first kappa shape index (κ1) is 8.94. The number of Topliss-reactive ketones (excluding diaryl/α,β-unsaturated/α-hetero) is 1. The molecule has 14 heavy (non-hydrogen) atoms. The smallest absolute Gasteiger partial charge is 0.237 e. The molecule has 1 aromatic rings. The van der Waals surface area contributed by atoms with Crippen molar-refractivity contribution in [2.45, 2.75) is 6.92 Å². The predicted octanol–water partition coefficient (Wildman–Crippen LogP) is 1.48. The quantitative estimate of drug-likeness (QED) is 0.580. The zero-order chi connectivity index (χ0) is 10.3. The molecule has 1 aliphatic heterocycles. The highest BCUT2D eigenvalue weighted by Gasteiger charge is 2.33. The van der Waals surface area contributed by atoms with E-state index < -0.39 is 5.92 Å². The van der Waals surface area contributed by atoms with Gasteiger partial charge in [0, 0.05) is 12.6 Å². The number of anilines is 1. The Morgan fingerprint density at radius 3 is 2.57 bits per heavy atom. The van der Waals surface area contributed by atoms with E-state index in [1.807, 2.05) is 12.1 Å². The second kappa shape index (κ2) is 2.94. The Hall–Kier alpha value is -1.64. The lowest BCUT2D eigenvalue weighted by atomic mass is 9.92. The number of fused-ring (bicyclic) bond motifs is 1. The summed E-state index contributed by atoms with van der Waals surface area (Å²) >= 11 is 0. The highest BCUT2D eigenvalue weighted by atomic mass is 16.2. The van der Waals surface area contributed by atoms with Crippen LogP contribution in [0.15, 0.2) is 24.3 Å². The molecule has 1 unspecified atom stereocenters. The Morgan fingerprint density at radius 1 is 1.21 bits per heavy atom. The topological polar surface area (TPSA) is 37.4 Å². The third-order valence-electron chi connectivity index (χ3n) is 2.63. The van der Waals surface area contributed by atoms with Crippen molar-refractivity contribution in [2.75, 3.05) is 11.9 Å². The van der Waals surface area contributed by atoms with Gasteiger partial charge in [-0.1, -0.05) is 12.1 Å². The average molecular weight is 189 g/mol. The van der Waals surface area contributed by atoms with Crippen LogP contribution in [0.25, 0.3) is 0 Å². The maximum absolute atomic E-state index is 11.7. The van der Waals surface area contributed by atoms with Crippen molar-refractivity contribution in [3.05, 3.63) is 29.8 Å². The molecule has 0 aromatic heterocycles. The molecule has 0 aliphatic carbocycles. The fraction of sp³-hybridized carbons (Fsp3) is 0.273. The molecule has 1 aliphatic rings. The number of benzene rings is 1. The second-order valence-electron chi connectivity index (χ2n) is 3.50. The van der Waals surface area contributed by atoms with Gasteiger partial charge >= 0.3 is 0 Å². The van der Waals surface area contributed by atoms with Crippen molar-refractivity contribution in [1.29, 1.82) is 0 Å². The lowest BCUT2D eigenvalue weighted by Crippen LogP contribution is -2.40. The average Bonchev–Trinajstić information content (AvgIpc) is 2.23. The Kier molecular flexibility index (Phi) is 1.88. The Balaban J connectivity index is 2.62. The van der Waals surface area contributed by atoms with Gasteiger partial charge in [0.05, 0.1) is 11.6 Å². The molecule has 0 bridgehead atoms. The maximum Gasteiger partial charge on any atom is 0.237 e. The number of hydrogen-bond donors (Lipinski definition) is 0. The van der Waals surface area contributed by atoms with E-state index in [-0.39, 0.29) is 11.7 Å². The molecule has 2 rings (SSSR count). The number of amides is 1. The van der Waals surface area contributed by atoms with E-state index >= 15 is 0 Å². The normalized spacial score (nSPS) is 21.0. The maximum atomic E-state index is 11.7. The molecule has 0 saturated heterocycles. The number of rotatable bonds is 0. The van der Waals surface area contributed by atoms with Gasteiger partial charge in [0.2, 0.25) is 5.91 Å².